The van der Waals surface area contributed by atoms with Crippen molar-refractivity contribution in [2.75, 3.05) is 13.7 Å². The summed E-state index contributed by atoms with van der Waals surface area (Å²) >= 11 is 0. The molecule has 0 fully saturated rings. The van der Waals surface area contributed by atoms with Gasteiger partial charge in [-0.25, -0.2) is 0 Å². The lowest BCUT2D eigenvalue weighted by atomic mass is 10.1. The highest BCUT2D eigenvalue weighted by molar-refractivity contribution is 5.92. The van der Waals surface area contributed by atoms with E-state index in [1.807, 2.05) is 6.92 Å². The molecule has 5 nitrogen and oxygen atoms in total. The number of carbonyl (C=O) groups excluding carboxylic acids is 1. The molecule has 1 aromatic carbocycles. The molecule has 0 saturated heterocycles. The number of nitrogens with one attached hydrogen (secondary N) is 1. The van der Waals surface area contributed by atoms with Crippen molar-refractivity contribution in [3.05, 3.63) is 53.0 Å². The predicted molar refractivity (Wildman–Crippen MR) is 78.5 cm³/mol. The zero-order valence-corrected chi connectivity index (χ0v) is 12.3. The second-order valence-electron chi connectivity index (χ2n) is 4.87. The quantitative estimate of drug-likeness (QED) is 0.886. The van der Waals surface area contributed by atoms with E-state index in [4.69, 9.17) is 9.15 Å². The van der Waals surface area contributed by atoms with Gasteiger partial charge in [0.05, 0.1) is 13.2 Å². The number of furan rings is 1. The Morgan fingerprint density at radius 3 is 2.76 bits per heavy atom. The molecule has 2 aromatic rings. The molecule has 1 unspecified atom stereocenters. The van der Waals surface area contributed by atoms with Crippen LogP contribution in [0.4, 0.5) is 0 Å². The fourth-order valence-corrected chi connectivity index (χ4v) is 2.10. The smallest absolute Gasteiger partial charge is 0.287 e. The fourth-order valence-electron chi connectivity index (χ4n) is 2.10. The van der Waals surface area contributed by atoms with Gasteiger partial charge in [-0.05, 0) is 37.6 Å². The van der Waals surface area contributed by atoms with Crippen LogP contribution in [0.25, 0.3) is 0 Å². The summed E-state index contributed by atoms with van der Waals surface area (Å²) in [5, 5.41) is 12.8. The summed E-state index contributed by atoms with van der Waals surface area (Å²) < 4.78 is 10.4. The first-order chi connectivity index (χ1) is 10.0. The highest BCUT2D eigenvalue weighted by Gasteiger charge is 2.16. The lowest BCUT2D eigenvalue weighted by molar-refractivity contribution is 0.0887. The van der Waals surface area contributed by atoms with Gasteiger partial charge >= 0.3 is 0 Å². The van der Waals surface area contributed by atoms with Crippen LogP contribution in [0.5, 0.6) is 5.75 Å². The van der Waals surface area contributed by atoms with Crippen molar-refractivity contribution in [2.24, 2.45) is 0 Å². The molecule has 5 heteroatoms. The van der Waals surface area contributed by atoms with Crippen LogP contribution >= 0.6 is 0 Å². The Labute approximate surface area is 123 Å². The van der Waals surface area contributed by atoms with Gasteiger partial charge in [0, 0.05) is 12.1 Å². The summed E-state index contributed by atoms with van der Waals surface area (Å²) in [7, 11) is 1.56. The first-order valence-corrected chi connectivity index (χ1v) is 6.68. The fraction of sp³-hybridized carbons (Fsp3) is 0.312. The number of rotatable bonds is 5. The summed E-state index contributed by atoms with van der Waals surface area (Å²) in [5.74, 6) is 1.30. The number of hydrogen-bond acceptors (Lipinski definition) is 4. The third-order valence-corrected chi connectivity index (χ3v) is 3.18. The Morgan fingerprint density at radius 2 is 2.14 bits per heavy atom. The molecule has 0 radical (unpaired) electrons. The number of aliphatic hydroxyl groups excluding tert-OH is 1. The summed E-state index contributed by atoms with van der Waals surface area (Å²) in [6.45, 7) is 3.70. The standard InChI is InChI=1S/C16H19NO4/c1-10-7-11(2)21-15(10)16(19)17-9-14(18)12-5-4-6-13(8-12)20-3/h4-8,14,18H,9H2,1-3H3,(H,17,19). The van der Waals surface area contributed by atoms with E-state index in [0.29, 0.717) is 17.1 Å². The van der Waals surface area contributed by atoms with Crippen molar-refractivity contribution in [2.45, 2.75) is 20.0 Å². The van der Waals surface area contributed by atoms with Crippen molar-refractivity contribution in [1.29, 1.82) is 0 Å². The topological polar surface area (TPSA) is 71.7 Å². The summed E-state index contributed by atoms with van der Waals surface area (Å²) in [5.41, 5.74) is 1.46. The number of ether oxygens (including phenoxy) is 1. The average Bonchev–Trinajstić information content (AvgIpc) is 2.83. The van der Waals surface area contributed by atoms with Gasteiger partial charge in [0.1, 0.15) is 11.5 Å². The molecule has 1 amide bonds. The van der Waals surface area contributed by atoms with Gasteiger partial charge in [0.2, 0.25) is 0 Å². The van der Waals surface area contributed by atoms with E-state index in [1.54, 1.807) is 44.4 Å². The van der Waals surface area contributed by atoms with E-state index in [-0.39, 0.29) is 18.2 Å². The summed E-state index contributed by atoms with van der Waals surface area (Å²) in [6.07, 6.45) is -0.805. The Balaban J connectivity index is 1.98. The molecule has 0 aliphatic carbocycles. The highest BCUT2D eigenvalue weighted by Crippen LogP contribution is 2.19. The van der Waals surface area contributed by atoms with Crippen LogP contribution in [0.2, 0.25) is 0 Å². The maximum absolute atomic E-state index is 12.0. The Morgan fingerprint density at radius 1 is 1.38 bits per heavy atom. The van der Waals surface area contributed by atoms with Crippen LogP contribution in [0.3, 0.4) is 0 Å². The van der Waals surface area contributed by atoms with Gasteiger partial charge in [-0.2, -0.15) is 0 Å². The monoisotopic (exact) mass is 289 g/mol. The predicted octanol–water partition coefficient (Wildman–Crippen LogP) is 2.37. The lowest BCUT2D eigenvalue weighted by Crippen LogP contribution is -2.28. The molecule has 21 heavy (non-hydrogen) atoms. The molecule has 1 aromatic heterocycles. The molecule has 0 saturated carbocycles. The van der Waals surface area contributed by atoms with Crippen LogP contribution in [-0.4, -0.2) is 24.7 Å². The molecule has 0 aliphatic heterocycles. The van der Waals surface area contributed by atoms with E-state index >= 15 is 0 Å². The highest BCUT2D eigenvalue weighted by atomic mass is 16.5. The first-order valence-electron chi connectivity index (χ1n) is 6.68. The van der Waals surface area contributed by atoms with Gasteiger partial charge < -0.3 is 19.6 Å². The van der Waals surface area contributed by atoms with Crippen LogP contribution < -0.4 is 10.1 Å². The minimum Gasteiger partial charge on any atom is -0.497 e. The Kier molecular flexibility index (Phi) is 4.65. The normalized spacial score (nSPS) is 12.0. The molecule has 0 bridgehead atoms. The molecular weight excluding hydrogens is 270 g/mol. The average molecular weight is 289 g/mol. The number of carbonyl (C=O) groups is 1. The Hall–Kier alpha value is -2.27. The minimum absolute atomic E-state index is 0.102. The molecule has 0 aliphatic rings. The van der Waals surface area contributed by atoms with E-state index < -0.39 is 6.10 Å². The maximum atomic E-state index is 12.0. The van der Waals surface area contributed by atoms with Crippen molar-refractivity contribution in [1.82, 2.24) is 5.32 Å². The zero-order valence-electron chi connectivity index (χ0n) is 12.3. The van der Waals surface area contributed by atoms with Crippen molar-refractivity contribution >= 4 is 5.91 Å². The van der Waals surface area contributed by atoms with Crippen molar-refractivity contribution in [3.8, 4) is 5.75 Å². The zero-order chi connectivity index (χ0) is 15.4. The van der Waals surface area contributed by atoms with Gasteiger partial charge in [-0.15, -0.1) is 0 Å². The van der Waals surface area contributed by atoms with Gasteiger partial charge in [-0.1, -0.05) is 12.1 Å². The van der Waals surface area contributed by atoms with Crippen molar-refractivity contribution < 1.29 is 19.1 Å². The second kappa shape index (κ2) is 6.45. The van der Waals surface area contributed by atoms with Gasteiger partial charge in [0.25, 0.3) is 5.91 Å². The van der Waals surface area contributed by atoms with E-state index in [2.05, 4.69) is 5.32 Å². The number of benzene rings is 1. The summed E-state index contributed by atoms with van der Waals surface area (Å²) in [4.78, 5) is 12.0. The van der Waals surface area contributed by atoms with E-state index in [1.165, 1.54) is 0 Å². The third kappa shape index (κ3) is 3.64. The molecule has 2 N–H and O–H groups in total. The number of aryl methyl sites for hydroxylation is 2. The van der Waals surface area contributed by atoms with E-state index in [0.717, 1.165) is 5.56 Å². The SMILES string of the molecule is COc1cccc(C(O)CNC(=O)c2oc(C)cc2C)c1. The summed E-state index contributed by atoms with van der Waals surface area (Å²) in [6, 6.07) is 8.90. The third-order valence-electron chi connectivity index (χ3n) is 3.18. The number of methoxy groups -OCH3 is 1. The van der Waals surface area contributed by atoms with Crippen LogP contribution in [0, 0.1) is 13.8 Å². The molecule has 112 valence electrons. The first kappa shape index (κ1) is 15.1. The van der Waals surface area contributed by atoms with E-state index in [9.17, 15) is 9.90 Å². The Bertz CT molecular complexity index is 633. The largest absolute Gasteiger partial charge is 0.497 e. The molecule has 0 spiro atoms. The maximum Gasteiger partial charge on any atom is 0.287 e. The van der Waals surface area contributed by atoms with Crippen LogP contribution in [0.1, 0.15) is 33.5 Å². The molecule has 1 atom stereocenters. The molecular formula is C16H19NO4. The number of amides is 1. The molecule has 1 heterocycles. The minimum atomic E-state index is -0.805. The second-order valence-corrected chi connectivity index (χ2v) is 4.87. The van der Waals surface area contributed by atoms with Crippen molar-refractivity contribution in [3.63, 3.8) is 0 Å². The van der Waals surface area contributed by atoms with Gasteiger partial charge in [0.15, 0.2) is 5.76 Å². The lowest BCUT2D eigenvalue weighted by Gasteiger charge is -2.12. The molecule has 2 rings (SSSR count). The van der Waals surface area contributed by atoms with Crippen LogP contribution in [-0.2, 0) is 0 Å². The number of aliphatic hydroxyl groups is 1. The van der Waals surface area contributed by atoms with Gasteiger partial charge in [-0.3, -0.25) is 4.79 Å². The van der Waals surface area contributed by atoms with Crippen LogP contribution in [0.15, 0.2) is 34.7 Å². The number of hydrogen-bond donors (Lipinski definition) is 2.